The first kappa shape index (κ1) is 24.7. The molecule has 0 spiro atoms. The summed E-state index contributed by atoms with van der Waals surface area (Å²) in [7, 11) is -2.26. The normalized spacial score (nSPS) is 14.1. The number of esters is 1. The molecule has 0 aliphatic carbocycles. The van der Waals surface area contributed by atoms with Crippen LogP contribution in [0.15, 0.2) is 59.6 Å². The molecule has 1 saturated heterocycles. The molecule has 0 atom stereocenters. The van der Waals surface area contributed by atoms with Gasteiger partial charge in [-0.2, -0.15) is 0 Å². The van der Waals surface area contributed by atoms with E-state index in [1.54, 1.807) is 47.5 Å². The second-order valence-electron chi connectivity index (χ2n) is 9.04. The maximum atomic E-state index is 13.2. The predicted octanol–water partition coefficient (Wildman–Crippen LogP) is 3.63. The van der Waals surface area contributed by atoms with Gasteiger partial charge in [-0.25, -0.2) is 8.42 Å². The minimum atomic E-state index is -3.70. The van der Waals surface area contributed by atoms with Gasteiger partial charge in [0.1, 0.15) is 11.9 Å². The van der Waals surface area contributed by atoms with Crippen molar-refractivity contribution < 1.29 is 27.5 Å². The van der Waals surface area contributed by atoms with E-state index in [-0.39, 0.29) is 34.5 Å². The summed E-state index contributed by atoms with van der Waals surface area (Å²) in [6.07, 6.45) is 1.60. The molecule has 0 radical (unpaired) electrons. The summed E-state index contributed by atoms with van der Waals surface area (Å²) in [5.74, 6) is -0.277. The zero-order chi connectivity index (χ0) is 25.2. The van der Waals surface area contributed by atoms with Crippen LogP contribution in [-0.2, 0) is 25.1 Å². The topological polar surface area (TPSA) is 103 Å². The third-order valence-corrected chi connectivity index (χ3v) is 7.51. The fraction of sp³-hybridized carbons (Fsp3) is 0.346. The van der Waals surface area contributed by atoms with Crippen LogP contribution < -0.4 is 4.74 Å². The molecular weight excluding hydrogens is 468 g/mol. The molecule has 0 unspecified atom stereocenters. The molecule has 1 aromatic heterocycles. The molecule has 9 heteroatoms. The van der Waals surface area contributed by atoms with Crippen molar-refractivity contribution in [3.8, 4) is 5.75 Å². The molecule has 1 amide bonds. The van der Waals surface area contributed by atoms with Gasteiger partial charge >= 0.3 is 5.97 Å². The van der Waals surface area contributed by atoms with Crippen LogP contribution in [-0.4, -0.2) is 56.5 Å². The van der Waals surface area contributed by atoms with Gasteiger partial charge in [0.15, 0.2) is 9.84 Å². The highest BCUT2D eigenvalue weighted by Gasteiger charge is 2.35. The zero-order valence-corrected chi connectivity index (χ0v) is 20.7. The van der Waals surface area contributed by atoms with Crippen LogP contribution in [0.1, 0.15) is 36.2 Å². The monoisotopic (exact) mass is 496 g/mol. The van der Waals surface area contributed by atoms with Crippen LogP contribution in [0.3, 0.4) is 0 Å². The number of hydrogen-bond acceptors (Lipinski definition) is 7. The smallest absolute Gasteiger partial charge is 0.306 e. The summed E-state index contributed by atoms with van der Waals surface area (Å²) < 4.78 is 37.2. The van der Waals surface area contributed by atoms with Crippen molar-refractivity contribution in [3.05, 3.63) is 65.9 Å². The third-order valence-electron chi connectivity index (χ3n) is 5.79. The van der Waals surface area contributed by atoms with Crippen LogP contribution in [0.5, 0.6) is 5.75 Å². The van der Waals surface area contributed by atoms with Gasteiger partial charge < -0.3 is 14.4 Å². The highest BCUT2D eigenvalue weighted by atomic mass is 32.2. The summed E-state index contributed by atoms with van der Waals surface area (Å²) in [5, 5.41) is 0.745. The van der Waals surface area contributed by atoms with Crippen molar-refractivity contribution in [2.75, 3.05) is 20.2 Å². The number of methoxy groups -OCH3 is 1. The van der Waals surface area contributed by atoms with Crippen LogP contribution in [0.4, 0.5) is 0 Å². The average Bonchev–Trinajstić information content (AvgIpc) is 2.79. The molecule has 1 aliphatic rings. The van der Waals surface area contributed by atoms with Gasteiger partial charge in [-0.05, 0) is 35.7 Å². The summed E-state index contributed by atoms with van der Waals surface area (Å²) >= 11 is 0. The number of nitrogens with zero attached hydrogens (tertiary/aromatic N) is 2. The van der Waals surface area contributed by atoms with E-state index in [0.29, 0.717) is 41.9 Å². The Hall–Kier alpha value is -3.46. The maximum absolute atomic E-state index is 13.2. The molecule has 35 heavy (non-hydrogen) atoms. The molecule has 4 rings (SSSR count). The summed E-state index contributed by atoms with van der Waals surface area (Å²) in [6, 6.07) is 13.4. The van der Waals surface area contributed by atoms with E-state index >= 15 is 0 Å². The molecule has 3 aromatic rings. The van der Waals surface area contributed by atoms with Gasteiger partial charge in [0.2, 0.25) is 0 Å². The number of carbonyl (C=O) groups is 2. The van der Waals surface area contributed by atoms with E-state index < -0.39 is 9.84 Å². The average molecular weight is 497 g/mol. The molecule has 0 bridgehead atoms. The number of benzene rings is 2. The molecule has 0 N–H and O–H groups in total. The quantitative estimate of drug-likeness (QED) is 0.439. The van der Waals surface area contributed by atoms with Crippen LogP contribution in [0.25, 0.3) is 10.9 Å². The maximum Gasteiger partial charge on any atom is 0.306 e. The second-order valence-corrected chi connectivity index (χ2v) is 11.0. The van der Waals surface area contributed by atoms with Gasteiger partial charge in [0.25, 0.3) is 5.91 Å². The van der Waals surface area contributed by atoms with E-state index in [2.05, 4.69) is 4.98 Å². The predicted molar refractivity (Wildman–Crippen MR) is 131 cm³/mol. The van der Waals surface area contributed by atoms with E-state index in [0.717, 1.165) is 5.39 Å². The molecule has 184 valence electrons. The van der Waals surface area contributed by atoms with Crippen LogP contribution in [0.2, 0.25) is 0 Å². The van der Waals surface area contributed by atoms with Gasteiger partial charge in [0.05, 0.1) is 41.9 Å². The largest absolute Gasteiger partial charge is 0.496 e. The lowest BCUT2D eigenvalue weighted by Crippen LogP contribution is -2.55. The SMILES string of the molecule is COc1cc(CS(=O)(=O)c2cccc3cccnc23)ccc1C(=O)N1CC(OC(=O)CC(C)C)C1. The molecule has 2 heterocycles. The number of para-hydroxylation sites is 1. The summed E-state index contributed by atoms with van der Waals surface area (Å²) in [6.45, 7) is 4.52. The Bertz CT molecular complexity index is 1360. The fourth-order valence-corrected chi connectivity index (χ4v) is 5.57. The molecular formula is C26H28N2O6S. The van der Waals surface area contributed by atoms with Crippen molar-refractivity contribution in [1.82, 2.24) is 9.88 Å². The van der Waals surface area contributed by atoms with Crippen molar-refractivity contribution in [1.29, 1.82) is 0 Å². The van der Waals surface area contributed by atoms with E-state index in [1.165, 1.54) is 7.11 Å². The number of fused-ring (bicyclic) bond motifs is 1. The van der Waals surface area contributed by atoms with Gasteiger partial charge in [0, 0.05) is 18.0 Å². The van der Waals surface area contributed by atoms with Gasteiger partial charge in [-0.3, -0.25) is 14.6 Å². The molecule has 8 nitrogen and oxygen atoms in total. The van der Waals surface area contributed by atoms with Crippen LogP contribution in [0, 0.1) is 5.92 Å². The number of carbonyl (C=O) groups excluding carboxylic acids is 2. The van der Waals surface area contributed by atoms with Crippen LogP contribution >= 0.6 is 0 Å². The number of sulfone groups is 1. The lowest BCUT2D eigenvalue weighted by Gasteiger charge is -2.38. The number of amides is 1. The van der Waals surface area contributed by atoms with Gasteiger partial charge in [-0.15, -0.1) is 0 Å². The first-order valence-electron chi connectivity index (χ1n) is 11.4. The summed E-state index contributed by atoms with van der Waals surface area (Å²) in [5.41, 5.74) is 1.25. The fourth-order valence-electron chi connectivity index (χ4n) is 4.04. The lowest BCUT2D eigenvalue weighted by atomic mass is 10.1. The number of likely N-dealkylation sites (tertiary alicyclic amines) is 1. The summed E-state index contributed by atoms with van der Waals surface area (Å²) in [4.78, 5) is 30.8. The Kier molecular flexibility index (Phi) is 7.07. The van der Waals surface area contributed by atoms with E-state index in [4.69, 9.17) is 9.47 Å². The van der Waals surface area contributed by atoms with Crippen molar-refractivity contribution in [2.45, 2.75) is 37.0 Å². The minimum Gasteiger partial charge on any atom is -0.496 e. The Balaban J connectivity index is 1.47. The standard InChI is InChI=1S/C26H28N2O6S/c1-17(2)12-24(29)34-20-14-28(15-20)26(30)21-10-9-18(13-22(21)33-3)16-35(31,32)23-8-4-6-19-7-5-11-27-25(19)23/h4-11,13,17,20H,12,14-16H2,1-3H3. The number of pyridine rings is 1. The highest BCUT2D eigenvalue weighted by Crippen LogP contribution is 2.28. The van der Waals surface area contributed by atoms with E-state index in [9.17, 15) is 18.0 Å². The highest BCUT2D eigenvalue weighted by molar-refractivity contribution is 7.90. The lowest BCUT2D eigenvalue weighted by molar-refractivity contribution is -0.156. The molecule has 2 aromatic carbocycles. The van der Waals surface area contributed by atoms with Crippen molar-refractivity contribution >= 4 is 32.6 Å². The Morgan fingerprint density at radius 2 is 1.86 bits per heavy atom. The first-order valence-corrected chi connectivity index (χ1v) is 13.1. The first-order chi connectivity index (χ1) is 16.7. The second kappa shape index (κ2) is 10.0. The Labute approximate surface area is 204 Å². The third kappa shape index (κ3) is 5.45. The minimum absolute atomic E-state index is 0.161. The number of hydrogen-bond donors (Lipinski definition) is 0. The van der Waals surface area contributed by atoms with Crippen molar-refractivity contribution in [2.24, 2.45) is 5.92 Å². The van der Waals surface area contributed by atoms with Gasteiger partial charge in [-0.1, -0.05) is 38.1 Å². The molecule has 0 saturated carbocycles. The number of ether oxygens (including phenoxy) is 2. The molecule has 1 aliphatic heterocycles. The number of aromatic nitrogens is 1. The number of rotatable bonds is 8. The Morgan fingerprint density at radius 3 is 2.57 bits per heavy atom. The molecule has 1 fully saturated rings. The van der Waals surface area contributed by atoms with E-state index in [1.807, 2.05) is 26.0 Å². The zero-order valence-electron chi connectivity index (χ0n) is 19.9. The van der Waals surface area contributed by atoms with Crippen molar-refractivity contribution in [3.63, 3.8) is 0 Å². The Morgan fingerprint density at radius 1 is 1.11 bits per heavy atom.